The number of hydrogen-bond donors (Lipinski definition) is 1. The number of hydrogen-bond acceptors (Lipinski definition) is 4. The smallest absolute Gasteiger partial charge is 0.326 e. The Morgan fingerprint density at radius 3 is 2.77 bits per heavy atom. The van der Waals surface area contributed by atoms with Crippen LogP contribution in [0.15, 0.2) is 36.4 Å². The fourth-order valence-corrected chi connectivity index (χ4v) is 2.99. The van der Waals surface area contributed by atoms with Gasteiger partial charge in [0.2, 0.25) is 0 Å². The summed E-state index contributed by atoms with van der Waals surface area (Å²) < 4.78 is 16.5. The Kier molecular flexibility index (Phi) is 5.42. The highest BCUT2D eigenvalue weighted by Gasteiger charge is 2.29. The summed E-state index contributed by atoms with van der Waals surface area (Å²) in [4.78, 5) is 14.6. The summed E-state index contributed by atoms with van der Waals surface area (Å²) in [6.45, 7) is 2.45. The van der Waals surface area contributed by atoms with Crippen LogP contribution in [0.4, 0.5) is 16.2 Å². The zero-order chi connectivity index (χ0) is 18.7. The highest BCUT2D eigenvalue weighted by Crippen LogP contribution is 2.37. The first kappa shape index (κ1) is 18.2. The Labute approximate surface area is 157 Å². The van der Waals surface area contributed by atoms with Crippen molar-refractivity contribution in [2.45, 2.75) is 19.4 Å². The molecule has 0 unspecified atom stereocenters. The number of benzene rings is 2. The molecule has 1 aliphatic rings. The van der Waals surface area contributed by atoms with E-state index in [1.54, 1.807) is 55.5 Å². The summed E-state index contributed by atoms with van der Waals surface area (Å²) in [6.07, 6.45) is 0.704. The zero-order valence-electron chi connectivity index (χ0n) is 14.9. The molecule has 7 heteroatoms. The van der Waals surface area contributed by atoms with Crippen molar-refractivity contribution in [3.63, 3.8) is 0 Å². The number of nitrogens with one attached hydrogen (secondary N) is 1. The van der Waals surface area contributed by atoms with E-state index in [1.165, 1.54) is 0 Å². The van der Waals surface area contributed by atoms with Gasteiger partial charge in [0.25, 0.3) is 0 Å². The molecule has 2 amide bonds. The number of fused-ring (bicyclic) bond motifs is 1. The predicted octanol–water partition coefficient (Wildman–Crippen LogP) is 4.57. The van der Waals surface area contributed by atoms with E-state index < -0.39 is 0 Å². The zero-order valence-corrected chi connectivity index (χ0v) is 15.7. The second-order valence-corrected chi connectivity index (χ2v) is 6.30. The lowest BCUT2D eigenvalue weighted by Crippen LogP contribution is -2.45. The molecule has 6 nitrogen and oxygen atoms in total. The summed E-state index contributed by atoms with van der Waals surface area (Å²) in [5, 5.41) is 3.44. The molecule has 138 valence electrons. The number of ether oxygens (including phenoxy) is 3. The molecule has 0 saturated carbocycles. The molecule has 26 heavy (non-hydrogen) atoms. The molecule has 2 aromatic rings. The van der Waals surface area contributed by atoms with Crippen molar-refractivity contribution in [1.82, 2.24) is 0 Å². The van der Waals surface area contributed by atoms with Gasteiger partial charge in [0.15, 0.2) is 0 Å². The van der Waals surface area contributed by atoms with E-state index in [2.05, 4.69) is 5.32 Å². The van der Waals surface area contributed by atoms with E-state index in [4.69, 9.17) is 25.8 Å². The van der Waals surface area contributed by atoms with Crippen molar-refractivity contribution in [3.8, 4) is 17.2 Å². The van der Waals surface area contributed by atoms with Crippen LogP contribution in [0.2, 0.25) is 5.02 Å². The van der Waals surface area contributed by atoms with Gasteiger partial charge in [0, 0.05) is 11.1 Å². The maximum absolute atomic E-state index is 13.0. The molecule has 3 rings (SSSR count). The molecular weight excluding hydrogens is 356 g/mol. The molecule has 0 radical (unpaired) electrons. The Balaban J connectivity index is 1.91. The highest BCUT2D eigenvalue weighted by atomic mass is 35.5. The average molecular weight is 377 g/mol. The number of nitrogens with zero attached hydrogens (tertiary/aromatic N) is 1. The van der Waals surface area contributed by atoms with E-state index >= 15 is 0 Å². The molecular formula is C19H21ClN2O4. The Hall–Kier alpha value is -2.60. The van der Waals surface area contributed by atoms with Gasteiger partial charge in [-0.25, -0.2) is 4.79 Å². The average Bonchev–Trinajstić information content (AvgIpc) is 2.66. The summed E-state index contributed by atoms with van der Waals surface area (Å²) in [6, 6.07) is 10.2. The van der Waals surface area contributed by atoms with E-state index in [0.29, 0.717) is 40.2 Å². The minimum absolute atomic E-state index is 0.0818. The van der Waals surface area contributed by atoms with Gasteiger partial charge in [0.1, 0.15) is 23.4 Å². The van der Waals surface area contributed by atoms with Crippen LogP contribution in [-0.2, 0) is 0 Å². The van der Waals surface area contributed by atoms with E-state index in [1.807, 2.05) is 6.92 Å². The van der Waals surface area contributed by atoms with Crippen LogP contribution in [0.1, 0.15) is 13.3 Å². The first-order chi connectivity index (χ1) is 12.5. The molecule has 1 atom stereocenters. The normalized spacial score (nSPS) is 15.7. The van der Waals surface area contributed by atoms with Crippen molar-refractivity contribution in [3.05, 3.63) is 41.4 Å². The second kappa shape index (κ2) is 7.74. The molecule has 0 fully saturated rings. The fraction of sp³-hybridized carbons (Fsp3) is 0.316. The van der Waals surface area contributed by atoms with Crippen molar-refractivity contribution in [2.75, 3.05) is 31.0 Å². The number of carbonyl (C=O) groups excluding carboxylic acids is 1. The molecule has 0 aliphatic carbocycles. The number of anilines is 2. The summed E-state index contributed by atoms with van der Waals surface area (Å²) >= 11 is 6.11. The molecule has 0 aromatic heterocycles. The van der Waals surface area contributed by atoms with Crippen LogP contribution < -0.4 is 24.4 Å². The first-order valence-corrected chi connectivity index (χ1v) is 8.70. The van der Waals surface area contributed by atoms with Crippen LogP contribution in [0.25, 0.3) is 0 Å². The standard InChI is InChI=1S/C19H21ClN2O4/c1-4-13-11-22(16-9-12(20)5-7-18(16)26-13)19(23)21-15-10-14(24-2)6-8-17(15)25-3/h5-10,13H,4,11H2,1-3H3,(H,21,23)/t13-/m0/s1. The van der Waals surface area contributed by atoms with Crippen molar-refractivity contribution in [1.29, 1.82) is 0 Å². The van der Waals surface area contributed by atoms with Crippen molar-refractivity contribution >= 4 is 29.0 Å². The van der Waals surface area contributed by atoms with Crippen LogP contribution in [0.5, 0.6) is 17.2 Å². The lowest BCUT2D eigenvalue weighted by molar-refractivity contribution is 0.188. The van der Waals surface area contributed by atoms with Gasteiger partial charge in [0.05, 0.1) is 32.1 Å². The quantitative estimate of drug-likeness (QED) is 0.849. The van der Waals surface area contributed by atoms with Crippen LogP contribution in [0, 0.1) is 0 Å². The van der Waals surface area contributed by atoms with Gasteiger partial charge < -0.3 is 19.5 Å². The number of carbonyl (C=O) groups is 1. The monoisotopic (exact) mass is 376 g/mol. The summed E-state index contributed by atoms with van der Waals surface area (Å²) in [5.74, 6) is 1.81. The highest BCUT2D eigenvalue weighted by molar-refractivity contribution is 6.31. The van der Waals surface area contributed by atoms with Crippen LogP contribution in [-0.4, -0.2) is 32.9 Å². The van der Waals surface area contributed by atoms with Crippen LogP contribution >= 0.6 is 11.6 Å². The van der Waals surface area contributed by atoms with Gasteiger partial charge in [-0.1, -0.05) is 18.5 Å². The van der Waals surface area contributed by atoms with Gasteiger partial charge in [-0.3, -0.25) is 4.90 Å². The summed E-state index contributed by atoms with van der Waals surface area (Å²) in [5.41, 5.74) is 1.17. The largest absolute Gasteiger partial charge is 0.497 e. The number of urea groups is 1. The molecule has 2 aromatic carbocycles. The SMILES string of the molecule is CC[C@H]1CN(C(=O)Nc2cc(OC)ccc2OC)c2cc(Cl)ccc2O1. The third-order valence-corrected chi connectivity index (χ3v) is 4.48. The lowest BCUT2D eigenvalue weighted by Gasteiger charge is -2.34. The van der Waals surface area contributed by atoms with Gasteiger partial charge in [-0.2, -0.15) is 0 Å². The molecule has 0 saturated heterocycles. The molecule has 1 aliphatic heterocycles. The van der Waals surface area contributed by atoms with Gasteiger partial charge in [-0.15, -0.1) is 0 Å². The fourth-order valence-electron chi connectivity index (χ4n) is 2.82. The number of halogens is 1. The molecule has 1 N–H and O–H groups in total. The minimum atomic E-state index is -0.290. The van der Waals surface area contributed by atoms with E-state index in [9.17, 15) is 4.79 Å². The number of methoxy groups -OCH3 is 2. The molecule has 1 heterocycles. The van der Waals surface area contributed by atoms with Gasteiger partial charge in [-0.05, 0) is 36.8 Å². The van der Waals surface area contributed by atoms with Crippen molar-refractivity contribution < 1.29 is 19.0 Å². The van der Waals surface area contributed by atoms with Crippen LogP contribution in [0.3, 0.4) is 0 Å². The Morgan fingerprint density at radius 2 is 2.08 bits per heavy atom. The minimum Gasteiger partial charge on any atom is -0.497 e. The first-order valence-electron chi connectivity index (χ1n) is 8.32. The maximum atomic E-state index is 13.0. The Morgan fingerprint density at radius 1 is 1.27 bits per heavy atom. The Bertz CT molecular complexity index is 812. The number of rotatable bonds is 4. The topological polar surface area (TPSA) is 60.0 Å². The van der Waals surface area contributed by atoms with E-state index in [-0.39, 0.29) is 12.1 Å². The number of amides is 2. The third-order valence-electron chi connectivity index (χ3n) is 4.24. The van der Waals surface area contributed by atoms with E-state index in [0.717, 1.165) is 6.42 Å². The molecule has 0 spiro atoms. The van der Waals surface area contributed by atoms with Gasteiger partial charge >= 0.3 is 6.03 Å². The molecule has 0 bridgehead atoms. The summed E-state index contributed by atoms with van der Waals surface area (Å²) in [7, 11) is 3.12. The van der Waals surface area contributed by atoms with Crippen molar-refractivity contribution in [2.24, 2.45) is 0 Å². The maximum Gasteiger partial charge on any atom is 0.326 e. The predicted molar refractivity (Wildman–Crippen MR) is 102 cm³/mol. The third kappa shape index (κ3) is 3.65. The second-order valence-electron chi connectivity index (χ2n) is 5.87. The lowest BCUT2D eigenvalue weighted by atomic mass is 10.1.